The van der Waals surface area contributed by atoms with Gasteiger partial charge in [0.2, 0.25) is 11.8 Å². The highest BCUT2D eigenvalue weighted by atomic mass is 16.6. The monoisotopic (exact) mass is 704 g/mol. The van der Waals surface area contributed by atoms with E-state index in [2.05, 4.69) is 10.6 Å². The molecular formula is C40H40N4O8. The van der Waals surface area contributed by atoms with Gasteiger partial charge in [0.05, 0.1) is 25.3 Å². The van der Waals surface area contributed by atoms with Gasteiger partial charge in [-0.15, -0.1) is 0 Å². The molecule has 0 spiro atoms. The number of anilines is 2. The first-order valence-electron chi connectivity index (χ1n) is 17.0. The molecule has 4 N–H and O–H groups in total. The van der Waals surface area contributed by atoms with Crippen LogP contribution >= 0.6 is 0 Å². The number of carbonyl (C=O) groups excluding carboxylic acids is 4. The highest BCUT2D eigenvalue weighted by Gasteiger charge is 2.41. The van der Waals surface area contributed by atoms with Crippen molar-refractivity contribution < 1.29 is 38.9 Å². The summed E-state index contributed by atoms with van der Waals surface area (Å²) in [4.78, 5) is 54.2. The second-order valence-corrected chi connectivity index (χ2v) is 12.8. The predicted molar refractivity (Wildman–Crippen MR) is 195 cm³/mol. The van der Waals surface area contributed by atoms with Crippen LogP contribution in [0.4, 0.5) is 21.0 Å². The molecule has 6 rings (SSSR count). The number of nitrogens with one attached hydrogen (secondary N) is 2. The molecule has 4 atom stereocenters. The molecule has 4 amide bonds. The van der Waals surface area contributed by atoms with Crippen LogP contribution in [0.1, 0.15) is 35.1 Å². The molecule has 0 bridgehead atoms. The van der Waals surface area contributed by atoms with E-state index in [0.717, 1.165) is 22.3 Å². The van der Waals surface area contributed by atoms with Crippen LogP contribution in [0.5, 0.6) is 0 Å². The normalized spacial score (nSPS) is 19.7. The average molecular weight is 705 g/mol. The number of hydrogen-bond donors (Lipinski definition) is 4. The van der Waals surface area contributed by atoms with Gasteiger partial charge in [0.25, 0.3) is 0 Å². The molecule has 2 aliphatic heterocycles. The summed E-state index contributed by atoms with van der Waals surface area (Å²) in [5, 5.41) is 26.1. The van der Waals surface area contributed by atoms with Gasteiger partial charge in [-0.3, -0.25) is 19.4 Å². The Morgan fingerprint density at radius 2 is 0.942 bits per heavy atom. The van der Waals surface area contributed by atoms with Crippen molar-refractivity contribution in [2.45, 2.75) is 50.3 Å². The Kier molecular flexibility index (Phi) is 11.6. The molecule has 2 fully saturated rings. The predicted octanol–water partition coefficient (Wildman–Crippen LogP) is 5.28. The van der Waals surface area contributed by atoms with Crippen molar-refractivity contribution in [3.63, 3.8) is 0 Å². The smallest absolute Gasteiger partial charge is 0.410 e. The number of benzene rings is 4. The number of aliphatic hydroxyl groups is 2. The Morgan fingerprint density at radius 1 is 0.577 bits per heavy atom. The van der Waals surface area contributed by atoms with Gasteiger partial charge in [-0.05, 0) is 46.5 Å². The zero-order chi connectivity index (χ0) is 36.5. The molecule has 2 aliphatic rings. The van der Waals surface area contributed by atoms with Crippen molar-refractivity contribution in [3.8, 4) is 0 Å². The van der Waals surface area contributed by atoms with E-state index < -0.39 is 48.3 Å². The number of likely N-dealkylation sites (tertiary alicyclic amines) is 2. The summed E-state index contributed by atoms with van der Waals surface area (Å²) >= 11 is 0. The van der Waals surface area contributed by atoms with E-state index >= 15 is 0 Å². The molecule has 268 valence electrons. The van der Waals surface area contributed by atoms with Crippen molar-refractivity contribution in [1.82, 2.24) is 9.80 Å². The molecular weight excluding hydrogens is 664 g/mol. The van der Waals surface area contributed by atoms with Crippen molar-refractivity contribution >= 4 is 47.5 Å². The SMILES string of the molecule is O=C(Nc1ccc(C=Cc2ccc(NC(=O)[C@@H]3C[C@H](O)CN3C(=O)OCc3ccccc3)cc2)cc1)[C@@H]1C[C@H](O)CN1C(=O)OCc1ccccc1. The highest BCUT2D eigenvalue weighted by molar-refractivity contribution is 5.98. The number of nitrogens with zero attached hydrogens (tertiary/aromatic N) is 2. The fourth-order valence-electron chi connectivity index (χ4n) is 6.13. The number of aliphatic hydroxyl groups excluding tert-OH is 2. The molecule has 2 saturated heterocycles. The number of hydrogen-bond acceptors (Lipinski definition) is 8. The van der Waals surface area contributed by atoms with Gasteiger partial charge in [0, 0.05) is 24.2 Å². The van der Waals surface area contributed by atoms with Crippen LogP contribution in [0.15, 0.2) is 109 Å². The minimum Gasteiger partial charge on any atom is -0.445 e. The topological polar surface area (TPSA) is 158 Å². The van der Waals surface area contributed by atoms with Crippen LogP contribution in [-0.4, -0.2) is 81.4 Å². The van der Waals surface area contributed by atoms with Gasteiger partial charge >= 0.3 is 12.2 Å². The summed E-state index contributed by atoms with van der Waals surface area (Å²) in [6, 6.07) is 31.1. The first-order chi connectivity index (χ1) is 25.2. The van der Waals surface area contributed by atoms with E-state index in [9.17, 15) is 29.4 Å². The lowest BCUT2D eigenvalue weighted by Gasteiger charge is -2.23. The largest absolute Gasteiger partial charge is 0.445 e. The van der Waals surface area contributed by atoms with Gasteiger partial charge in [-0.25, -0.2) is 9.59 Å². The molecule has 12 heteroatoms. The summed E-state index contributed by atoms with van der Waals surface area (Å²) < 4.78 is 10.8. The van der Waals surface area contributed by atoms with Crippen molar-refractivity contribution in [2.24, 2.45) is 0 Å². The van der Waals surface area contributed by atoms with Crippen molar-refractivity contribution in [2.75, 3.05) is 23.7 Å². The van der Waals surface area contributed by atoms with Crippen LogP contribution < -0.4 is 10.6 Å². The fourth-order valence-corrected chi connectivity index (χ4v) is 6.13. The third-order valence-electron chi connectivity index (χ3n) is 8.87. The molecule has 12 nitrogen and oxygen atoms in total. The second-order valence-electron chi connectivity index (χ2n) is 12.8. The number of β-amino-alcohol motifs (C(OH)–C–C–N with tert-alkyl or cyclic N) is 2. The van der Waals surface area contributed by atoms with Gasteiger partial charge in [0.1, 0.15) is 25.3 Å². The lowest BCUT2D eigenvalue weighted by molar-refractivity contribution is -0.120. The Hall–Kier alpha value is -5.98. The molecule has 0 unspecified atom stereocenters. The van der Waals surface area contributed by atoms with Crippen LogP contribution in [0, 0.1) is 0 Å². The zero-order valence-corrected chi connectivity index (χ0v) is 28.3. The third kappa shape index (κ3) is 9.42. The quantitative estimate of drug-likeness (QED) is 0.163. The summed E-state index contributed by atoms with van der Waals surface area (Å²) in [5.41, 5.74) is 4.47. The van der Waals surface area contributed by atoms with Gasteiger partial charge in [-0.2, -0.15) is 0 Å². The van der Waals surface area contributed by atoms with E-state index in [1.807, 2.05) is 97.1 Å². The third-order valence-corrected chi connectivity index (χ3v) is 8.87. The van der Waals surface area contributed by atoms with E-state index in [1.165, 1.54) is 9.80 Å². The summed E-state index contributed by atoms with van der Waals surface area (Å²) in [7, 11) is 0. The molecule has 4 aromatic rings. The molecule has 0 radical (unpaired) electrons. The number of amides is 4. The Labute approximate surface area is 301 Å². The Morgan fingerprint density at radius 3 is 1.31 bits per heavy atom. The molecule has 4 aromatic carbocycles. The standard InChI is InChI=1S/C40H40N4O8/c45-33-21-35(43(23-33)39(49)51-25-29-7-3-1-4-8-29)37(47)41-31-17-13-27(14-18-31)11-12-28-15-19-32(20-16-28)42-38(48)36-22-34(46)24-44(36)40(50)52-26-30-9-5-2-6-10-30/h1-20,33-36,45-46H,21-26H2,(H,41,47)(H,42,48)/t33-,34-,35-,36-/m0/s1. The first kappa shape index (κ1) is 35.8. The summed E-state index contributed by atoms with van der Waals surface area (Å²) in [5.74, 6) is -0.827. The zero-order valence-electron chi connectivity index (χ0n) is 28.3. The van der Waals surface area contributed by atoms with Crippen LogP contribution in [0.3, 0.4) is 0 Å². The second kappa shape index (κ2) is 16.8. The number of rotatable bonds is 10. The van der Waals surface area contributed by atoms with E-state index in [-0.39, 0.29) is 39.1 Å². The maximum Gasteiger partial charge on any atom is 0.410 e. The van der Waals surface area contributed by atoms with Crippen LogP contribution in [0.25, 0.3) is 12.2 Å². The van der Waals surface area contributed by atoms with Gasteiger partial charge in [-0.1, -0.05) is 97.1 Å². The average Bonchev–Trinajstić information content (AvgIpc) is 3.77. The molecule has 0 aliphatic carbocycles. The minimum absolute atomic E-state index is 0.0120. The van der Waals surface area contributed by atoms with Gasteiger partial charge < -0.3 is 30.3 Å². The summed E-state index contributed by atoms with van der Waals surface area (Å²) in [6.45, 7) is 0.157. The summed E-state index contributed by atoms with van der Waals surface area (Å²) in [6.07, 6.45) is 1.05. The maximum absolute atomic E-state index is 13.1. The molecule has 52 heavy (non-hydrogen) atoms. The van der Waals surface area contributed by atoms with Crippen LogP contribution in [0.2, 0.25) is 0 Å². The van der Waals surface area contributed by atoms with Crippen molar-refractivity contribution in [1.29, 1.82) is 0 Å². The highest BCUT2D eigenvalue weighted by Crippen LogP contribution is 2.24. The lowest BCUT2D eigenvalue weighted by atomic mass is 10.1. The maximum atomic E-state index is 13.1. The Balaban J connectivity index is 0.981. The molecule has 2 heterocycles. The molecule has 0 saturated carbocycles. The molecule has 0 aromatic heterocycles. The van der Waals surface area contributed by atoms with E-state index in [1.54, 1.807) is 24.3 Å². The van der Waals surface area contributed by atoms with Gasteiger partial charge in [0.15, 0.2) is 0 Å². The number of ether oxygens (including phenoxy) is 2. The Bertz CT molecular complexity index is 1730. The van der Waals surface area contributed by atoms with Crippen molar-refractivity contribution in [3.05, 3.63) is 131 Å². The van der Waals surface area contributed by atoms with E-state index in [0.29, 0.717) is 11.4 Å². The number of carbonyl (C=O) groups is 4. The van der Waals surface area contributed by atoms with E-state index in [4.69, 9.17) is 9.47 Å². The fraction of sp³-hybridized carbons (Fsp3) is 0.250. The lowest BCUT2D eigenvalue weighted by Crippen LogP contribution is -2.43. The first-order valence-corrected chi connectivity index (χ1v) is 17.0. The minimum atomic E-state index is -0.865. The van der Waals surface area contributed by atoms with Crippen LogP contribution in [-0.2, 0) is 32.3 Å².